The van der Waals surface area contributed by atoms with Crippen molar-refractivity contribution in [2.75, 3.05) is 6.61 Å². The first-order valence-corrected chi connectivity index (χ1v) is 6.15. The van der Waals surface area contributed by atoms with E-state index in [1.165, 1.54) is 18.2 Å². The van der Waals surface area contributed by atoms with Crippen molar-refractivity contribution in [1.29, 1.82) is 0 Å². The monoisotopic (exact) mass is 258 g/mol. The molecule has 1 aromatic carbocycles. The van der Waals surface area contributed by atoms with Crippen LogP contribution in [-0.4, -0.2) is 23.4 Å². The molecule has 17 heavy (non-hydrogen) atoms. The van der Waals surface area contributed by atoms with E-state index in [1.54, 1.807) is 0 Å². The van der Waals surface area contributed by atoms with E-state index in [9.17, 15) is 9.50 Å². The van der Waals surface area contributed by atoms with Crippen LogP contribution < -0.4 is 0 Å². The maximum Gasteiger partial charge on any atom is 0.123 e. The number of benzene rings is 1. The predicted molar refractivity (Wildman–Crippen MR) is 64.7 cm³/mol. The van der Waals surface area contributed by atoms with Gasteiger partial charge in [-0.05, 0) is 43.5 Å². The highest BCUT2D eigenvalue weighted by atomic mass is 35.5. The van der Waals surface area contributed by atoms with Crippen molar-refractivity contribution >= 4 is 11.6 Å². The van der Waals surface area contributed by atoms with E-state index in [0.29, 0.717) is 23.6 Å². The second kappa shape index (κ2) is 4.92. The van der Waals surface area contributed by atoms with Gasteiger partial charge in [0, 0.05) is 18.1 Å². The summed E-state index contributed by atoms with van der Waals surface area (Å²) in [6, 6.07) is 4.19. The maximum atomic E-state index is 13.1. The van der Waals surface area contributed by atoms with Gasteiger partial charge >= 0.3 is 0 Å². The number of aliphatic hydroxyl groups is 1. The van der Waals surface area contributed by atoms with Crippen molar-refractivity contribution in [2.45, 2.75) is 37.9 Å². The highest BCUT2D eigenvalue weighted by Gasteiger charge is 2.37. The van der Waals surface area contributed by atoms with Crippen molar-refractivity contribution in [3.05, 3.63) is 34.6 Å². The first-order valence-electron chi connectivity index (χ1n) is 5.77. The summed E-state index contributed by atoms with van der Waals surface area (Å²) in [6.45, 7) is 2.56. The van der Waals surface area contributed by atoms with Gasteiger partial charge in [-0.15, -0.1) is 0 Å². The van der Waals surface area contributed by atoms with Crippen molar-refractivity contribution < 1.29 is 14.2 Å². The molecule has 1 aliphatic rings. The highest BCUT2D eigenvalue weighted by molar-refractivity contribution is 6.31. The Morgan fingerprint density at radius 1 is 1.59 bits per heavy atom. The summed E-state index contributed by atoms with van der Waals surface area (Å²) in [6.07, 6.45) is 1.42. The Labute approximate surface area is 105 Å². The number of aliphatic hydroxyl groups excluding tert-OH is 1. The molecule has 0 spiro atoms. The Bertz CT molecular complexity index is 402. The first kappa shape index (κ1) is 12.8. The van der Waals surface area contributed by atoms with Crippen LogP contribution in [0.1, 0.15) is 25.3 Å². The van der Waals surface area contributed by atoms with Crippen LogP contribution in [0.2, 0.25) is 5.02 Å². The molecule has 0 saturated carbocycles. The Kier molecular flexibility index (Phi) is 3.71. The number of ether oxygens (including phenoxy) is 1. The fraction of sp³-hybridized carbons (Fsp3) is 0.538. The van der Waals surface area contributed by atoms with E-state index in [-0.39, 0.29) is 5.82 Å². The molecule has 94 valence electrons. The molecule has 1 aliphatic heterocycles. The molecule has 1 heterocycles. The molecule has 0 amide bonds. The summed E-state index contributed by atoms with van der Waals surface area (Å²) >= 11 is 5.97. The van der Waals surface area contributed by atoms with Gasteiger partial charge in [-0.2, -0.15) is 0 Å². The molecule has 1 saturated heterocycles. The molecular weight excluding hydrogens is 243 g/mol. The van der Waals surface area contributed by atoms with Gasteiger partial charge < -0.3 is 9.84 Å². The lowest BCUT2D eigenvalue weighted by Crippen LogP contribution is -2.40. The van der Waals surface area contributed by atoms with Gasteiger partial charge in [-0.1, -0.05) is 11.6 Å². The molecule has 0 aliphatic carbocycles. The summed E-state index contributed by atoms with van der Waals surface area (Å²) < 4.78 is 18.7. The SMILES string of the molecule is CC1(C(O)Cc2cc(F)ccc2Cl)CCCO1. The van der Waals surface area contributed by atoms with E-state index >= 15 is 0 Å². The average Bonchev–Trinajstić information content (AvgIpc) is 2.72. The van der Waals surface area contributed by atoms with E-state index in [4.69, 9.17) is 16.3 Å². The summed E-state index contributed by atoms with van der Waals surface area (Å²) in [7, 11) is 0. The average molecular weight is 259 g/mol. The van der Waals surface area contributed by atoms with Crippen LogP contribution in [0.4, 0.5) is 4.39 Å². The fourth-order valence-corrected chi connectivity index (χ4v) is 2.38. The number of rotatable bonds is 3. The van der Waals surface area contributed by atoms with Crippen LogP contribution >= 0.6 is 11.6 Å². The zero-order valence-electron chi connectivity index (χ0n) is 9.75. The molecule has 1 fully saturated rings. The minimum absolute atomic E-state index is 0.313. The molecule has 1 N–H and O–H groups in total. The van der Waals surface area contributed by atoms with Crippen molar-refractivity contribution in [3.63, 3.8) is 0 Å². The van der Waals surface area contributed by atoms with Gasteiger partial charge in [0.25, 0.3) is 0 Å². The molecule has 2 nitrogen and oxygen atoms in total. The zero-order valence-corrected chi connectivity index (χ0v) is 10.5. The van der Waals surface area contributed by atoms with Gasteiger partial charge in [-0.3, -0.25) is 0 Å². The maximum absolute atomic E-state index is 13.1. The van der Waals surface area contributed by atoms with E-state index in [1.807, 2.05) is 6.92 Å². The number of hydrogen-bond donors (Lipinski definition) is 1. The van der Waals surface area contributed by atoms with Gasteiger partial charge in [0.1, 0.15) is 5.82 Å². The third kappa shape index (κ3) is 2.79. The summed E-state index contributed by atoms with van der Waals surface area (Å²) in [4.78, 5) is 0. The molecule has 0 bridgehead atoms. The largest absolute Gasteiger partial charge is 0.390 e. The second-order valence-electron chi connectivity index (χ2n) is 4.72. The van der Waals surface area contributed by atoms with E-state index in [0.717, 1.165) is 12.8 Å². The number of halogens is 2. The molecule has 2 rings (SSSR count). The standard InChI is InChI=1S/C13H16ClFO2/c1-13(5-2-6-17-13)12(16)8-9-7-10(15)3-4-11(9)14/h3-4,7,12,16H,2,5-6,8H2,1H3. The number of hydrogen-bond acceptors (Lipinski definition) is 2. The van der Waals surface area contributed by atoms with Gasteiger partial charge in [0.2, 0.25) is 0 Å². The summed E-state index contributed by atoms with van der Waals surface area (Å²) in [5.41, 5.74) is 0.0891. The van der Waals surface area contributed by atoms with Crippen LogP contribution in [0.25, 0.3) is 0 Å². The quantitative estimate of drug-likeness (QED) is 0.903. The lowest BCUT2D eigenvalue weighted by molar-refractivity contribution is -0.0768. The van der Waals surface area contributed by atoms with Crippen LogP contribution in [-0.2, 0) is 11.2 Å². The van der Waals surface area contributed by atoms with Gasteiger partial charge in [0.15, 0.2) is 0 Å². The molecule has 0 radical (unpaired) electrons. The third-order valence-electron chi connectivity index (χ3n) is 3.38. The van der Waals surface area contributed by atoms with Crippen molar-refractivity contribution in [1.82, 2.24) is 0 Å². The smallest absolute Gasteiger partial charge is 0.123 e. The normalized spacial score (nSPS) is 26.1. The Balaban J connectivity index is 2.12. The Morgan fingerprint density at radius 3 is 3.00 bits per heavy atom. The minimum Gasteiger partial charge on any atom is -0.390 e. The zero-order chi connectivity index (χ0) is 12.5. The van der Waals surface area contributed by atoms with Crippen molar-refractivity contribution in [3.8, 4) is 0 Å². The summed E-state index contributed by atoms with van der Waals surface area (Å²) in [5.74, 6) is -0.339. The highest BCUT2D eigenvalue weighted by Crippen LogP contribution is 2.31. The summed E-state index contributed by atoms with van der Waals surface area (Å²) in [5, 5.41) is 10.6. The van der Waals surface area contributed by atoms with Crippen LogP contribution in [0.15, 0.2) is 18.2 Å². The van der Waals surface area contributed by atoms with E-state index in [2.05, 4.69) is 0 Å². The molecule has 2 unspecified atom stereocenters. The topological polar surface area (TPSA) is 29.5 Å². The first-order chi connectivity index (χ1) is 8.01. The third-order valence-corrected chi connectivity index (χ3v) is 3.74. The van der Waals surface area contributed by atoms with Gasteiger partial charge in [-0.25, -0.2) is 4.39 Å². The van der Waals surface area contributed by atoms with Crippen molar-refractivity contribution in [2.24, 2.45) is 0 Å². The predicted octanol–water partition coefficient (Wildman–Crippen LogP) is 2.95. The van der Waals surface area contributed by atoms with Crippen LogP contribution in [0, 0.1) is 5.82 Å². The lowest BCUT2D eigenvalue weighted by Gasteiger charge is -2.29. The Hall–Kier alpha value is -0.640. The lowest BCUT2D eigenvalue weighted by atomic mass is 9.91. The Morgan fingerprint density at radius 2 is 2.35 bits per heavy atom. The molecule has 4 heteroatoms. The molecule has 2 atom stereocenters. The molecular formula is C13H16ClFO2. The van der Waals surface area contributed by atoms with Gasteiger partial charge in [0.05, 0.1) is 11.7 Å². The van der Waals surface area contributed by atoms with E-state index < -0.39 is 11.7 Å². The molecule has 1 aromatic rings. The van der Waals surface area contributed by atoms with Crippen LogP contribution in [0.3, 0.4) is 0 Å². The second-order valence-corrected chi connectivity index (χ2v) is 5.13. The minimum atomic E-state index is -0.663. The van der Waals surface area contributed by atoms with Crippen LogP contribution in [0.5, 0.6) is 0 Å². The molecule has 0 aromatic heterocycles. The fourth-order valence-electron chi connectivity index (χ4n) is 2.19.